The second-order valence-electron chi connectivity index (χ2n) is 7.10. The first kappa shape index (κ1) is 19.8. The van der Waals surface area contributed by atoms with E-state index in [9.17, 15) is 14.4 Å². The number of nitrogens with one attached hydrogen (secondary N) is 2. The molecule has 2 N–H and O–H groups in total. The van der Waals surface area contributed by atoms with Gasteiger partial charge in [0.2, 0.25) is 5.91 Å². The van der Waals surface area contributed by atoms with E-state index < -0.39 is 0 Å². The summed E-state index contributed by atoms with van der Waals surface area (Å²) >= 11 is 0. The molecule has 26 heavy (non-hydrogen) atoms. The summed E-state index contributed by atoms with van der Waals surface area (Å²) in [5.74, 6) is -0.475. The van der Waals surface area contributed by atoms with Crippen molar-refractivity contribution in [1.82, 2.24) is 15.1 Å². The number of piperidine rings is 1. The lowest BCUT2D eigenvalue weighted by Crippen LogP contribution is -2.45. The van der Waals surface area contributed by atoms with Crippen molar-refractivity contribution in [3.63, 3.8) is 0 Å². The Bertz CT molecular complexity index is 665. The molecule has 0 atom stereocenters. The van der Waals surface area contributed by atoms with Gasteiger partial charge in [-0.1, -0.05) is 12.1 Å². The van der Waals surface area contributed by atoms with Crippen molar-refractivity contribution in [2.45, 2.75) is 32.7 Å². The third-order valence-electron chi connectivity index (χ3n) is 4.37. The van der Waals surface area contributed by atoms with Gasteiger partial charge in [-0.2, -0.15) is 0 Å². The number of benzene rings is 1. The van der Waals surface area contributed by atoms with Crippen molar-refractivity contribution in [3.05, 3.63) is 29.8 Å². The highest BCUT2D eigenvalue weighted by atomic mass is 16.2. The lowest BCUT2D eigenvalue weighted by atomic mass is 9.95. The molecule has 2 rings (SSSR count). The number of carbonyl (C=O) groups excluding carboxylic acids is 3. The van der Waals surface area contributed by atoms with Crippen LogP contribution in [0.25, 0.3) is 0 Å². The van der Waals surface area contributed by atoms with Gasteiger partial charge >= 0.3 is 6.03 Å². The predicted molar refractivity (Wildman–Crippen MR) is 101 cm³/mol. The van der Waals surface area contributed by atoms with E-state index in [1.165, 1.54) is 0 Å². The molecular formula is C19H28N4O3. The molecule has 1 aliphatic heterocycles. The van der Waals surface area contributed by atoms with Gasteiger partial charge in [0.05, 0.1) is 11.3 Å². The summed E-state index contributed by atoms with van der Waals surface area (Å²) < 4.78 is 0. The molecule has 7 nitrogen and oxygen atoms in total. The number of anilines is 1. The molecule has 0 unspecified atom stereocenters. The molecule has 142 valence electrons. The van der Waals surface area contributed by atoms with E-state index in [4.69, 9.17) is 0 Å². The minimum Gasteiger partial charge on any atom is -0.350 e. The van der Waals surface area contributed by atoms with Crippen molar-refractivity contribution in [1.29, 1.82) is 0 Å². The maximum absolute atomic E-state index is 12.6. The van der Waals surface area contributed by atoms with E-state index in [-0.39, 0.29) is 29.8 Å². The van der Waals surface area contributed by atoms with E-state index in [1.807, 2.05) is 13.8 Å². The number of rotatable bonds is 4. The summed E-state index contributed by atoms with van der Waals surface area (Å²) in [5, 5.41) is 5.73. The molecular weight excluding hydrogens is 332 g/mol. The van der Waals surface area contributed by atoms with E-state index in [0.717, 1.165) is 0 Å². The number of hydrogen-bond donors (Lipinski definition) is 2. The second-order valence-corrected chi connectivity index (χ2v) is 7.10. The molecule has 1 aliphatic rings. The fraction of sp³-hybridized carbons (Fsp3) is 0.526. The van der Waals surface area contributed by atoms with Crippen LogP contribution in [0.1, 0.15) is 37.0 Å². The zero-order valence-corrected chi connectivity index (χ0v) is 15.9. The average molecular weight is 360 g/mol. The summed E-state index contributed by atoms with van der Waals surface area (Å²) in [4.78, 5) is 40.2. The van der Waals surface area contributed by atoms with Gasteiger partial charge in [-0.15, -0.1) is 0 Å². The van der Waals surface area contributed by atoms with Crippen LogP contribution >= 0.6 is 0 Å². The number of carbonyl (C=O) groups is 3. The lowest BCUT2D eigenvalue weighted by molar-refractivity contribution is -0.121. The first-order valence-electron chi connectivity index (χ1n) is 8.96. The van der Waals surface area contributed by atoms with Crippen molar-refractivity contribution in [2.24, 2.45) is 5.92 Å². The molecule has 1 aromatic carbocycles. The molecule has 1 aromatic rings. The Hall–Kier alpha value is -2.57. The molecule has 1 saturated heterocycles. The fourth-order valence-electron chi connectivity index (χ4n) is 2.98. The van der Waals surface area contributed by atoms with Gasteiger partial charge in [0, 0.05) is 39.1 Å². The monoisotopic (exact) mass is 360 g/mol. The number of amides is 4. The Morgan fingerprint density at radius 3 is 2.31 bits per heavy atom. The topological polar surface area (TPSA) is 81.8 Å². The van der Waals surface area contributed by atoms with Crippen LogP contribution < -0.4 is 10.6 Å². The molecule has 4 amide bonds. The maximum Gasteiger partial charge on any atom is 0.319 e. The van der Waals surface area contributed by atoms with Gasteiger partial charge in [-0.3, -0.25) is 9.59 Å². The second kappa shape index (κ2) is 8.69. The van der Waals surface area contributed by atoms with Gasteiger partial charge in [0.1, 0.15) is 0 Å². The zero-order valence-electron chi connectivity index (χ0n) is 15.9. The molecule has 0 aromatic heterocycles. The van der Waals surface area contributed by atoms with Crippen LogP contribution in [0.4, 0.5) is 10.5 Å². The highest BCUT2D eigenvalue weighted by Crippen LogP contribution is 2.22. The van der Waals surface area contributed by atoms with Crippen LogP contribution in [0.15, 0.2) is 24.3 Å². The van der Waals surface area contributed by atoms with Crippen LogP contribution in [0.2, 0.25) is 0 Å². The number of para-hydroxylation sites is 1. The van der Waals surface area contributed by atoms with Crippen LogP contribution in [0.5, 0.6) is 0 Å². The molecule has 0 bridgehead atoms. The van der Waals surface area contributed by atoms with Crippen LogP contribution in [0.3, 0.4) is 0 Å². The van der Waals surface area contributed by atoms with Gasteiger partial charge in [-0.25, -0.2) is 4.79 Å². The quantitative estimate of drug-likeness (QED) is 0.863. The van der Waals surface area contributed by atoms with Gasteiger partial charge < -0.3 is 20.4 Å². The third kappa shape index (κ3) is 4.97. The zero-order chi connectivity index (χ0) is 19.3. The van der Waals surface area contributed by atoms with Crippen LogP contribution in [-0.4, -0.2) is 60.9 Å². The Kier molecular flexibility index (Phi) is 6.60. The summed E-state index contributed by atoms with van der Waals surface area (Å²) in [7, 11) is 3.44. The molecule has 1 fully saturated rings. The summed E-state index contributed by atoms with van der Waals surface area (Å²) in [6.45, 7) is 4.90. The van der Waals surface area contributed by atoms with Crippen molar-refractivity contribution in [2.75, 3.05) is 32.5 Å². The summed E-state index contributed by atoms with van der Waals surface area (Å²) in [5.41, 5.74) is 0.970. The van der Waals surface area contributed by atoms with Gasteiger partial charge in [0.15, 0.2) is 0 Å². The van der Waals surface area contributed by atoms with Crippen molar-refractivity contribution in [3.8, 4) is 0 Å². The van der Waals surface area contributed by atoms with Gasteiger partial charge in [-0.05, 0) is 38.8 Å². The van der Waals surface area contributed by atoms with E-state index in [1.54, 1.807) is 48.2 Å². The largest absolute Gasteiger partial charge is 0.350 e. The SMILES string of the molecule is CC(C)NC(=O)c1ccccc1NC(=O)C1CCN(C(=O)N(C)C)CC1. The Balaban J connectivity index is 1.99. The minimum atomic E-state index is -0.206. The van der Waals surface area contributed by atoms with E-state index in [2.05, 4.69) is 10.6 Å². The smallest absolute Gasteiger partial charge is 0.319 e. The average Bonchev–Trinajstić information content (AvgIpc) is 2.61. The van der Waals surface area contributed by atoms with Gasteiger partial charge in [0.25, 0.3) is 5.91 Å². The van der Waals surface area contributed by atoms with E-state index in [0.29, 0.717) is 37.2 Å². The maximum atomic E-state index is 12.6. The van der Waals surface area contributed by atoms with E-state index >= 15 is 0 Å². The highest BCUT2D eigenvalue weighted by Gasteiger charge is 2.28. The third-order valence-corrected chi connectivity index (χ3v) is 4.37. The van der Waals surface area contributed by atoms with Crippen LogP contribution in [0, 0.1) is 5.92 Å². The predicted octanol–water partition coefficient (Wildman–Crippen LogP) is 2.16. The first-order valence-corrected chi connectivity index (χ1v) is 8.96. The highest BCUT2D eigenvalue weighted by molar-refractivity contribution is 6.04. The molecule has 1 heterocycles. The number of likely N-dealkylation sites (tertiary alicyclic amines) is 1. The molecule has 0 saturated carbocycles. The standard InChI is InChI=1S/C19H28N4O3/c1-13(2)20-18(25)15-7-5-6-8-16(15)21-17(24)14-9-11-23(12-10-14)19(26)22(3)4/h5-8,13-14H,9-12H2,1-4H3,(H,20,25)(H,21,24). The summed E-state index contributed by atoms with van der Waals surface area (Å²) in [6, 6.07) is 6.99. The van der Waals surface area contributed by atoms with Crippen molar-refractivity contribution < 1.29 is 14.4 Å². The molecule has 0 radical (unpaired) electrons. The number of hydrogen-bond acceptors (Lipinski definition) is 3. The molecule has 0 aliphatic carbocycles. The Morgan fingerprint density at radius 1 is 1.12 bits per heavy atom. The van der Waals surface area contributed by atoms with Crippen molar-refractivity contribution >= 4 is 23.5 Å². The number of nitrogens with zero attached hydrogens (tertiary/aromatic N) is 2. The Labute approximate surface area is 154 Å². The molecule has 7 heteroatoms. The van der Waals surface area contributed by atoms with Crippen LogP contribution in [-0.2, 0) is 4.79 Å². The minimum absolute atomic E-state index is 0.0184. The summed E-state index contributed by atoms with van der Waals surface area (Å²) in [6.07, 6.45) is 1.23. The normalized spacial score (nSPS) is 14.9. The Morgan fingerprint density at radius 2 is 1.73 bits per heavy atom. The number of urea groups is 1. The first-order chi connectivity index (χ1) is 12.3. The fourth-order valence-corrected chi connectivity index (χ4v) is 2.98. The molecule has 0 spiro atoms. The lowest BCUT2D eigenvalue weighted by Gasteiger charge is -2.33.